The van der Waals surface area contributed by atoms with Gasteiger partial charge in [-0.05, 0) is 11.6 Å². The van der Waals surface area contributed by atoms with Gasteiger partial charge in [0.25, 0.3) is 0 Å². The molecular weight excluding hydrogens is 250 g/mol. The lowest BCUT2D eigenvalue weighted by Gasteiger charge is -2.05. The van der Waals surface area contributed by atoms with Crippen molar-refractivity contribution in [2.75, 3.05) is 6.54 Å². The van der Waals surface area contributed by atoms with Crippen molar-refractivity contribution in [1.82, 2.24) is 14.9 Å². The van der Waals surface area contributed by atoms with E-state index in [1.165, 1.54) is 0 Å². The Bertz CT molecular complexity index is 565. The normalized spacial score (nSPS) is 11.6. The molecule has 0 radical (unpaired) electrons. The third-order valence-electron chi connectivity index (χ3n) is 2.47. The topological polar surface area (TPSA) is 74.8 Å². The van der Waals surface area contributed by atoms with E-state index in [9.17, 15) is 8.42 Å². The lowest BCUT2D eigenvalue weighted by molar-refractivity contribution is 0.580. The van der Waals surface area contributed by atoms with Gasteiger partial charge in [-0.25, -0.2) is 13.1 Å². The first-order valence-electron chi connectivity index (χ1n) is 5.65. The SMILES string of the molecule is O=S(=O)(Cc1ccccc1)NCCc1ccn[nH]1. The molecule has 5 nitrogen and oxygen atoms in total. The first kappa shape index (κ1) is 12.8. The highest BCUT2D eigenvalue weighted by molar-refractivity contribution is 7.88. The van der Waals surface area contributed by atoms with Crippen molar-refractivity contribution in [3.05, 3.63) is 53.9 Å². The molecule has 1 heterocycles. The molecule has 0 fully saturated rings. The summed E-state index contributed by atoms with van der Waals surface area (Å²) < 4.78 is 26.2. The molecule has 0 spiro atoms. The van der Waals surface area contributed by atoms with Crippen LogP contribution in [-0.2, 0) is 22.2 Å². The number of benzene rings is 1. The Morgan fingerprint density at radius 1 is 1.17 bits per heavy atom. The van der Waals surface area contributed by atoms with Gasteiger partial charge in [0.1, 0.15) is 0 Å². The summed E-state index contributed by atoms with van der Waals surface area (Å²) in [6.45, 7) is 0.372. The molecule has 0 aliphatic rings. The van der Waals surface area contributed by atoms with E-state index in [2.05, 4.69) is 14.9 Å². The van der Waals surface area contributed by atoms with E-state index in [0.717, 1.165) is 11.3 Å². The second-order valence-electron chi connectivity index (χ2n) is 3.97. The Hall–Kier alpha value is -1.66. The van der Waals surface area contributed by atoms with Crippen molar-refractivity contribution in [2.45, 2.75) is 12.2 Å². The van der Waals surface area contributed by atoms with E-state index in [0.29, 0.717) is 13.0 Å². The van der Waals surface area contributed by atoms with Gasteiger partial charge < -0.3 is 0 Å². The van der Waals surface area contributed by atoms with Gasteiger partial charge in [-0.15, -0.1) is 0 Å². The zero-order valence-corrected chi connectivity index (χ0v) is 10.7. The standard InChI is InChI=1S/C12H15N3O2S/c16-18(17,10-11-4-2-1-3-5-11)14-9-7-12-6-8-13-15-12/h1-6,8,14H,7,9-10H2,(H,13,15). The summed E-state index contributed by atoms with van der Waals surface area (Å²) in [5, 5.41) is 6.59. The van der Waals surface area contributed by atoms with Crippen molar-refractivity contribution in [3.63, 3.8) is 0 Å². The number of aromatic nitrogens is 2. The highest BCUT2D eigenvalue weighted by Crippen LogP contribution is 2.04. The average Bonchev–Trinajstić information content (AvgIpc) is 2.82. The largest absolute Gasteiger partial charge is 0.283 e. The summed E-state index contributed by atoms with van der Waals surface area (Å²) in [5.41, 5.74) is 1.70. The molecule has 2 N–H and O–H groups in total. The number of rotatable bonds is 6. The van der Waals surface area contributed by atoms with E-state index in [-0.39, 0.29) is 5.75 Å². The fourth-order valence-electron chi connectivity index (χ4n) is 1.61. The molecule has 0 aliphatic carbocycles. The van der Waals surface area contributed by atoms with Crippen molar-refractivity contribution < 1.29 is 8.42 Å². The molecule has 1 aromatic heterocycles. The van der Waals surface area contributed by atoms with Gasteiger partial charge >= 0.3 is 0 Å². The third-order valence-corrected chi connectivity index (χ3v) is 3.83. The maximum Gasteiger partial charge on any atom is 0.215 e. The van der Waals surface area contributed by atoms with Crippen molar-refractivity contribution >= 4 is 10.0 Å². The first-order chi connectivity index (χ1) is 8.66. The summed E-state index contributed by atoms with van der Waals surface area (Å²) in [7, 11) is -3.27. The van der Waals surface area contributed by atoms with Crippen molar-refractivity contribution in [1.29, 1.82) is 0 Å². The summed E-state index contributed by atoms with van der Waals surface area (Å²) in [6.07, 6.45) is 2.25. The Balaban J connectivity index is 1.84. The molecule has 0 unspecified atom stereocenters. The van der Waals surface area contributed by atoms with Crippen LogP contribution in [-0.4, -0.2) is 25.2 Å². The molecular formula is C12H15N3O2S. The maximum absolute atomic E-state index is 11.8. The van der Waals surface area contributed by atoms with E-state index in [1.807, 2.05) is 24.3 Å². The molecule has 0 aliphatic heterocycles. The van der Waals surface area contributed by atoms with Crippen LogP contribution >= 0.6 is 0 Å². The van der Waals surface area contributed by atoms with Gasteiger partial charge in [-0.2, -0.15) is 5.10 Å². The van der Waals surface area contributed by atoms with Crippen molar-refractivity contribution in [3.8, 4) is 0 Å². The van der Waals surface area contributed by atoms with Gasteiger partial charge in [-0.3, -0.25) is 5.10 Å². The zero-order chi connectivity index (χ0) is 12.8. The predicted molar refractivity (Wildman–Crippen MR) is 69.4 cm³/mol. The molecule has 6 heteroatoms. The average molecular weight is 265 g/mol. The number of aromatic amines is 1. The summed E-state index contributed by atoms with van der Waals surface area (Å²) in [6, 6.07) is 10.9. The number of nitrogens with zero attached hydrogens (tertiary/aromatic N) is 1. The number of hydrogen-bond donors (Lipinski definition) is 2. The van der Waals surface area contributed by atoms with Gasteiger partial charge in [0.2, 0.25) is 10.0 Å². The molecule has 18 heavy (non-hydrogen) atoms. The molecule has 96 valence electrons. The molecule has 0 saturated carbocycles. The highest BCUT2D eigenvalue weighted by atomic mass is 32.2. The number of H-pyrrole nitrogens is 1. The summed E-state index contributed by atoms with van der Waals surface area (Å²) in [5.74, 6) is 0.0107. The molecule has 2 rings (SSSR count). The molecule has 0 amide bonds. The van der Waals surface area contributed by atoms with Crippen LogP contribution in [0.15, 0.2) is 42.6 Å². The van der Waals surface area contributed by atoms with Gasteiger partial charge in [0.05, 0.1) is 5.75 Å². The second-order valence-corrected chi connectivity index (χ2v) is 5.78. The molecule has 0 atom stereocenters. The van der Waals surface area contributed by atoms with E-state index in [1.54, 1.807) is 18.3 Å². The van der Waals surface area contributed by atoms with E-state index >= 15 is 0 Å². The van der Waals surface area contributed by atoms with Crippen LogP contribution in [0.3, 0.4) is 0 Å². The van der Waals surface area contributed by atoms with E-state index in [4.69, 9.17) is 0 Å². The van der Waals surface area contributed by atoms with Crippen LogP contribution < -0.4 is 4.72 Å². The van der Waals surface area contributed by atoms with Crippen molar-refractivity contribution in [2.24, 2.45) is 0 Å². The van der Waals surface area contributed by atoms with Crippen LogP contribution in [0.4, 0.5) is 0 Å². The minimum absolute atomic E-state index is 0.0107. The lowest BCUT2D eigenvalue weighted by atomic mass is 10.2. The van der Waals surface area contributed by atoms with Gasteiger partial charge in [-0.1, -0.05) is 30.3 Å². The number of sulfonamides is 1. The lowest BCUT2D eigenvalue weighted by Crippen LogP contribution is -2.27. The van der Waals surface area contributed by atoms with Crippen LogP contribution in [0.25, 0.3) is 0 Å². The van der Waals surface area contributed by atoms with Gasteiger partial charge in [0, 0.05) is 24.9 Å². The quantitative estimate of drug-likeness (QED) is 0.820. The fourth-order valence-corrected chi connectivity index (χ4v) is 2.76. The minimum Gasteiger partial charge on any atom is -0.283 e. The Morgan fingerprint density at radius 3 is 2.61 bits per heavy atom. The maximum atomic E-state index is 11.8. The van der Waals surface area contributed by atoms with Crippen LogP contribution in [0.2, 0.25) is 0 Å². The Labute approximate surface area is 106 Å². The summed E-state index contributed by atoms with van der Waals surface area (Å²) >= 11 is 0. The second kappa shape index (κ2) is 5.79. The van der Waals surface area contributed by atoms with Crippen LogP contribution in [0.5, 0.6) is 0 Å². The Morgan fingerprint density at radius 2 is 1.94 bits per heavy atom. The number of hydrogen-bond acceptors (Lipinski definition) is 3. The summed E-state index contributed by atoms with van der Waals surface area (Å²) in [4.78, 5) is 0. The van der Waals surface area contributed by atoms with Crippen LogP contribution in [0, 0.1) is 0 Å². The third kappa shape index (κ3) is 3.97. The van der Waals surface area contributed by atoms with Crippen LogP contribution in [0.1, 0.15) is 11.3 Å². The zero-order valence-electron chi connectivity index (χ0n) is 9.83. The predicted octanol–water partition coefficient (Wildman–Crippen LogP) is 1.07. The first-order valence-corrected chi connectivity index (χ1v) is 7.30. The van der Waals surface area contributed by atoms with Gasteiger partial charge in [0.15, 0.2) is 0 Å². The smallest absolute Gasteiger partial charge is 0.215 e. The Kier molecular flexibility index (Phi) is 4.11. The number of nitrogens with one attached hydrogen (secondary N) is 2. The minimum atomic E-state index is -3.27. The van der Waals surface area contributed by atoms with E-state index < -0.39 is 10.0 Å². The highest BCUT2D eigenvalue weighted by Gasteiger charge is 2.10. The molecule has 1 aromatic carbocycles. The fraction of sp³-hybridized carbons (Fsp3) is 0.250. The monoisotopic (exact) mass is 265 g/mol. The molecule has 2 aromatic rings. The molecule has 0 bridgehead atoms. The molecule has 0 saturated heterocycles.